The molecule has 6 nitrogen and oxygen atoms in total. The van der Waals surface area contributed by atoms with Crippen molar-refractivity contribution >= 4 is 34.6 Å². The summed E-state index contributed by atoms with van der Waals surface area (Å²) in [5.74, 6) is -0.510. The fourth-order valence-electron chi connectivity index (χ4n) is 2.38. The number of nitrogens with zero attached hydrogens (tertiary/aromatic N) is 1. The van der Waals surface area contributed by atoms with Crippen LogP contribution in [0, 0.1) is 0 Å². The molecule has 0 aliphatic carbocycles. The molecular formula is C17H17N3O3S. The van der Waals surface area contributed by atoms with Crippen LogP contribution in [0.15, 0.2) is 46.9 Å². The average Bonchev–Trinajstić information content (AvgIpc) is 3.24. The Morgan fingerprint density at radius 2 is 2.12 bits per heavy atom. The van der Waals surface area contributed by atoms with E-state index in [0.717, 1.165) is 10.6 Å². The lowest BCUT2D eigenvalue weighted by molar-refractivity contribution is -0.135. The fraction of sp³-hybridized carbons (Fsp3) is 0.235. The third-order valence-corrected chi connectivity index (χ3v) is 4.68. The average molecular weight is 343 g/mol. The number of hydrogen-bond donors (Lipinski definition) is 2. The Labute approximate surface area is 143 Å². The highest BCUT2D eigenvalue weighted by Gasteiger charge is 2.42. The summed E-state index contributed by atoms with van der Waals surface area (Å²) in [6, 6.07) is 10.6. The van der Waals surface area contributed by atoms with E-state index in [2.05, 4.69) is 15.8 Å². The first-order valence-corrected chi connectivity index (χ1v) is 8.32. The van der Waals surface area contributed by atoms with Crippen LogP contribution in [0.4, 0.5) is 5.69 Å². The van der Waals surface area contributed by atoms with Gasteiger partial charge in [-0.15, -0.1) is 11.3 Å². The number of anilines is 1. The second-order valence-electron chi connectivity index (χ2n) is 5.63. The second-order valence-corrected chi connectivity index (χ2v) is 6.58. The van der Waals surface area contributed by atoms with Crippen LogP contribution < -0.4 is 10.6 Å². The first-order chi connectivity index (χ1) is 11.5. The van der Waals surface area contributed by atoms with Crippen molar-refractivity contribution in [3.05, 3.63) is 52.2 Å². The molecule has 1 aromatic heterocycles. The van der Waals surface area contributed by atoms with Gasteiger partial charge in [-0.05, 0) is 36.6 Å². The topological polar surface area (TPSA) is 79.8 Å². The molecule has 0 bridgehead atoms. The highest BCUT2D eigenvalue weighted by molar-refractivity contribution is 7.12. The predicted molar refractivity (Wildman–Crippen MR) is 93.4 cm³/mol. The molecule has 0 saturated carbocycles. The monoisotopic (exact) mass is 343 g/mol. The maximum absolute atomic E-state index is 12.6. The first kappa shape index (κ1) is 16.2. The molecule has 0 unspecified atom stereocenters. The summed E-state index contributed by atoms with van der Waals surface area (Å²) in [5, 5.41) is 11.4. The lowest BCUT2D eigenvalue weighted by Gasteiger charge is -2.20. The van der Waals surface area contributed by atoms with Crippen LogP contribution in [0.25, 0.3) is 0 Å². The lowest BCUT2D eigenvalue weighted by Crippen LogP contribution is -2.40. The van der Waals surface area contributed by atoms with Crippen LogP contribution in [-0.2, 0) is 9.63 Å². The quantitative estimate of drug-likeness (QED) is 0.895. The first-order valence-electron chi connectivity index (χ1n) is 7.44. The van der Waals surface area contributed by atoms with E-state index in [9.17, 15) is 9.59 Å². The Bertz CT molecular complexity index is 801. The molecule has 124 valence electrons. The molecule has 7 heteroatoms. The number of amides is 2. The zero-order valence-electron chi connectivity index (χ0n) is 13.3. The van der Waals surface area contributed by atoms with Crippen LogP contribution in [0.3, 0.4) is 0 Å². The van der Waals surface area contributed by atoms with Crippen LogP contribution in [0.1, 0.15) is 28.6 Å². The third-order valence-electron chi connectivity index (χ3n) is 3.76. The molecule has 2 heterocycles. The number of hydrogen-bond acceptors (Lipinski definition) is 5. The Morgan fingerprint density at radius 1 is 1.29 bits per heavy atom. The number of carbonyl (C=O) groups is 2. The third kappa shape index (κ3) is 3.16. The maximum atomic E-state index is 12.6. The van der Waals surface area contributed by atoms with Crippen molar-refractivity contribution in [3.8, 4) is 0 Å². The van der Waals surface area contributed by atoms with Crippen molar-refractivity contribution in [2.75, 3.05) is 12.4 Å². The van der Waals surface area contributed by atoms with Crippen LogP contribution in [0.2, 0.25) is 0 Å². The van der Waals surface area contributed by atoms with E-state index in [0.29, 0.717) is 17.7 Å². The zero-order chi connectivity index (χ0) is 17.2. The summed E-state index contributed by atoms with van der Waals surface area (Å²) >= 11 is 1.56. The van der Waals surface area contributed by atoms with Crippen molar-refractivity contribution in [1.29, 1.82) is 0 Å². The minimum absolute atomic E-state index is 0.210. The molecule has 2 N–H and O–H groups in total. The highest BCUT2D eigenvalue weighted by Crippen LogP contribution is 2.29. The van der Waals surface area contributed by atoms with Crippen molar-refractivity contribution < 1.29 is 14.4 Å². The van der Waals surface area contributed by atoms with Crippen molar-refractivity contribution in [1.82, 2.24) is 5.32 Å². The van der Waals surface area contributed by atoms with Gasteiger partial charge in [-0.25, -0.2) is 0 Å². The van der Waals surface area contributed by atoms with Gasteiger partial charge in [0.15, 0.2) is 0 Å². The number of thiophene rings is 1. The number of benzene rings is 1. The summed E-state index contributed by atoms with van der Waals surface area (Å²) in [6.45, 7) is 1.70. The van der Waals surface area contributed by atoms with Gasteiger partial charge in [0.25, 0.3) is 11.8 Å². The Morgan fingerprint density at radius 3 is 2.83 bits per heavy atom. The molecule has 24 heavy (non-hydrogen) atoms. The smallest absolute Gasteiger partial charge is 0.271 e. The van der Waals surface area contributed by atoms with E-state index in [1.54, 1.807) is 49.6 Å². The van der Waals surface area contributed by atoms with E-state index in [1.807, 2.05) is 17.5 Å². The Balaban J connectivity index is 1.71. The Hall–Kier alpha value is -2.67. The molecule has 0 fully saturated rings. The lowest BCUT2D eigenvalue weighted by atomic mass is 9.98. The van der Waals surface area contributed by atoms with Gasteiger partial charge in [0, 0.05) is 24.7 Å². The molecule has 1 aromatic carbocycles. The van der Waals surface area contributed by atoms with Crippen LogP contribution in [0.5, 0.6) is 0 Å². The minimum Gasteiger partial charge on any atom is -0.379 e. The van der Waals surface area contributed by atoms with Gasteiger partial charge in [-0.1, -0.05) is 17.3 Å². The molecule has 1 atom stereocenters. The summed E-state index contributed by atoms with van der Waals surface area (Å²) in [6.07, 6.45) is 0.397. The molecule has 2 aromatic rings. The second kappa shape index (κ2) is 6.45. The summed E-state index contributed by atoms with van der Waals surface area (Å²) in [5.41, 5.74) is 0.711. The van der Waals surface area contributed by atoms with Crippen LogP contribution >= 0.6 is 11.3 Å². The number of carbonyl (C=O) groups excluding carboxylic acids is 2. The summed E-state index contributed by atoms with van der Waals surface area (Å²) in [4.78, 5) is 30.7. The van der Waals surface area contributed by atoms with Gasteiger partial charge in [0.05, 0.1) is 4.88 Å². The number of nitrogens with one attached hydrogen (secondary N) is 2. The molecular weight excluding hydrogens is 326 g/mol. The summed E-state index contributed by atoms with van der Waals surface area (Å²) < 4.78 is 0. The minimum atomic E-state index is -1.07. The van der Waals surface area contributed by atoms with E-state index < -0.39 is 5.60 Å². The van der Waals surface area contributed by atoms with Crippen LogP contribution in [-0.4, -0.2) is 30.2 Å². The Kier molecular flexibility index (Phi) is 4.35. The molecule has 2 amide bonds. The maximum Gasteiger partial charge on any atom is 0.271 e. The largest absolute Gasteiger partial charge is 0.379 e. The van der Waals surface area contributed by atoms with E-state index in [4.69, 9.17) is 4.84 Å². The van der Waals surface area contributed by atoms with Gasteiger partial charge in [-0.2, -0.15) is 0 Å². The van der Waals surface area contributed by atoms with Gasteiger partial charge in [0.1, 0.15) is 5.71 Å². The molecule has 0 radical (unpaired) electrons. The SMILES string of the molecule is CNC(=O)c1cccc(NC(=O)[C@]2(C)CC(c3cccs3)=NO2)c1. The number of rotatable bonds is 4. The molecule has 0 spiro atoms. The van der Waals surface area contributed by atoms with Gasteiger partial charge in [0.2, 0.25) is 5.60 Å². The normalized spacial score (nSPS) is 19.3. The standard InChI is InChI=1S/C17H17N3O3S/c1-17(10-13(20-23-17)14-7-4-8-24-14)16(22)19-12-6-3-5-11(9-12)15(21)18-2/h3-9H,10H2,1-2H3,(H,18,21)(H,19,22)/t17-/m0/s1. The van der Waals surface area contributed by atoms with E-state index >= 15 is 0 Å². The van der Waals surface area contributed by atoms with Gasteiger partial charge in [-0.3, -0.25) is 9.59 Å². The van der Waals surface area contributed by atoms with E-state index in [1.165, 1.54) is 0 Å². The summed E-state index contributed by atoms with van der Waals surface area (Å²) in [7, 11) is 1.56. The fourth-order valence-corrected chi connectivity index (χ4v) is 3.09. The van der Waals surface area contributed by atoms with Gasteiger partial charge >= 0.3 is 0 Å². The predicted octanol–water partition coefficient (Wildman–Crippen LogP) is 2.63. The molecule has 1 aliphatic rings. The van der Waals surface area contributed by atoms with Crippen molar-refractivity contribution in [3.63, 3.8) is 0 Å². The van der Waals surface area contributed by atoms with Gasteiger partial charge < -0.3 is 15.5 Å². The number of oxime groups is 1. The van der Waals surface area contributed by atoms with Crippen molar-refractivity contribution in [2.24, 2.45) is 5.16 Å². The zero-order valence-corrected chi connectivity index (χ0v) is 14.1. The molecule has 0 saturated heterocycles. The molecule has 3 rings (SSSR count). The van der Waals surface area contributed by atoms with Crippen molar-refractivity contribution in [2.45, 2.75) is 18.9 Å². The highest BCUT2D eigenvalue weighted by atomic mass is 32.1. The van der Waals surface area contributed by atoms with E-state index in [-0.39, 0.29) is 11.8 Å². The molecule has 1 aliphatic heterocycles.